The van der Waals surface area contributed by atoms with E-state index in [0.717, 1.165) is 22.4 Å². The molecule has 0 aliphatic rings. The van der Waals surface area contributed by atoms with Crippen LogP contribution in [0, 0.1) is 13.8 Å². The fourth-order valence-corrected chi connectivity index (χ4v) is 3.76. The molecule has 2 N–H and O–H groups in total. The maximum atomic E-state index is 12.1. The molecule has 1 aromatic heterocycles. The van der Waals surface area contributed by atoms with E-state index in [1.807, 2.05) is 32.0 Å². The van der Waals surface area contributed by atoms with Crippen LogP contribution in [0.3, 0.4) is 0 Å². The largest absolute Gasteiger partial charge is 0.491 e. The van der Waals surface area contributed by atoms with Crippen LogP contribution < -0.4 is 14.8 Å². The molecule has 0 radical (unpaired) electrons. The molecule has 0 spiro atoms. The number of sulfonamides is 1. The van der Waals surface area contributed by atoms with Gasteiger partial charge in [-0.15, -0.1) is 11.3 Å². The van der Waals surface area contributed by atoms with Gasteiger partial charge in [-0.3, -0.25) is 4.79 Å². The van der Waals surface area contributed by atoms with E-state index < -0.39 is 10.0 Å². The lowest BCUT2D eigenvalue weighted by Crippen LogP contribution is -2.27. The molecule has 0 fully saturated rings. The van der Waals surface area contributed by atoms with Crippen molar-refractivity contribution in [3.63, 3.8) is 0 Å². The van der Waals surface area contributed by atoms with Gasteiger partial charge < -0.3 is 10.1 Å². The van der Waals surface area contributed by atoms with Gasteiger partial charge in [0.2, 0.25) is 10.0 Å². The number of amides is 1. The van der Waals surface area contributed by atoms with Crippen molar-refractivity contribution in [3.8, 4) is 5.75 Å². The smallest absolute Gasteiger partial charge is 0.261 e. The van der Waals surface area contributed by atoms with Gasteiger partial charge in [-0.1, -0.05) is 17.7 Å². The molecule has 1 heterocycles. The van der Waals surface area contributed by atoms with Gasteiger partial charge in [0.1, 0.15) is 12.4 Å². The molecule has 1 aromatic carbocycles. The summed E-state index contributed by atoms with van der Waals surface area (Å²) in [6, 6.07) is 9.57. The molecule has 0 aliphatic carbocycles. The second-order valence-electron chi connectivity index (χ2n) is 6.06. The van der Waals surface area contributed by atoms with Gasteiger partial charge in [0.15, 0.2) is 0 Å². The topological polar surface area (TPSA) is 84.5 Å². The predicted molar refractivity (Wildman–Crippen MR) is 105 cm³/mol. The summed E-state index contributed by atoms with van der Waals surface area (Å²) in [7, 11) is -3.19. The van der Waals surface area contributed by atoms with Crippen molar-refractivity contribution in [1.82, 2.24) is 10.0 Å². The maximum Gasteiger partial charge on any atom is 0.261 e. The first-order chi connectivity index (χ1) is 12.2. The van der Waals surface area contributed by atoms with E-state index in [2.05, 4.69) is 16.1 Å². The average Bonchev–Trinajstić information content (AvgIpc) is 3.00. The Morgan fingerprint density at radius 1 is 1.15 bits per heavy atom. The normalized spacial score (nSPS) is 11.3. The lowest BCUT2D eigenvalue weighted by atomic mass is 10.1. The second-order valence-corrected chi connectivity index (χ2v) is 9.06. The minimum atomic E-state index is -3.19. The molecule has 0 saturated carbocycles. The number of nitrogens with one attached hydrogen (secondary N) is 2. The molecule has 0 atom stereocenters. The third-order valence-corrected chi connectivity index (χ3v) is 5.47. The van der Waals surface area contributed by atoms with Crippen LogP contribution in [-0.4, -0.2) is 40.3 Å². The molecular weight excluding hydrogens is 372 g/mol. The SMILES string of the molecule is Cc1ccc(OCCNC(=O)c2ccc(CCNS(C)(=O)=O)s2)c(C)c1. The van der Waals surface area contributed by atoms with Crippen molar-refractivity contribution < 1.29 is 17.9 Å². The summed E-state index contributed by atoms with van der Waals surface area (Å²) in [4.78, 5) is 13.7. The third-order valence-electron chi connectivity index (χ3n) is 3.60. The Hall–Kier alpha value is -1.90. The van der Waals surface area contributed by atoms with E-state index in [9.17, 15) is 13.2 Å². The van der Waals surface area contributed by atoms with Gasteiger partial charge in [-0.25, -0.2) is 13.1 Å². The van der Waals surface area contributed by atoms with Crippen LogP contribution in [0.2, 0.25) is 0 Å². The van der Waals surface area contributed by atoms with Gasteiger partial charge in [0, 0.05) is 11.4 Å². The zero-order chi connectivity index (χ0) is 19.2. The molecule has 2 aromatic rings. The average molecular weight is 397 g/mol. The Labute approximate surface area is 158 Å². The number of aryl methyl sites for hydroxylation is 2. The molecule has 142 valence electrons. The number of hydrogen-bond acceptors (Lipinski definition) is 5. The van der Waals surface area contributed by atoms with Crippen molar-refractivity contribution in [3.05, 3.63) is 51.2 Å². The van der Waals surface area contributed by atoms with Crippen LogP contribution in [0.5, 0.6) is 5.75 Å². The third kappa shape index (κ3) is 6.78. The monoisotopic (exact) mass is 396 g/mol. The molecule has 1 amide bonds. The number of thiophene rings is 1. The van der Waals surface area contributed by atoms with Gasteiger partial charge in [-0.05, 0) is 44.0 Å². The predicted octanol–water partition coefficient (Wildman–Crippen LogP) is 2.27. The number of rotatable bonds is 9. The molecular formula is C18H24N2O4S2. The van der Waals surface area contributed by atoms with E-state index in [0.29, 0.717) is 31.0 Å². The lowest BCUT2D eigenvalue weighted by Gasteiger charge is -2.10. The van der Waals surface area contributed by atoms with E-state index in [4.69, 9.17) is 4.74 Å². The maximum absolute atomic E-state index is 12.1. The number of ether oxygens (including phenoxy) is 1. The molecule has 26 heavy (non-hydrogen) atoms. The molecule has 8 heteroatoms. The standard InChI is InChI=1S/C18H24N2O4S2/c1-13-4-6-16(14(2)12-13)24-11-10-19-18(21)17-7-5-15(25-17)8-9-20-26(3,22)23/h4-7,12,20H,8-11H2,1-3H3,(H,19,21). The van der Waals surface area contributed by atoms with Crippen LogP contribution in [0.1, 0.15) is 25.7 Å². The molecule has 6 nitrogen and oxygen atoms in total. The Kier molecular flexibility index (Phi) is 7.19. The highest BCUT2D eigenvalue weighted by Gasteiger charge is 2.09. The minimum absolute atomic E-state index is 0.151. The number of hydrogen-bond donors (Lipinski definition) is 2. The lowest BCUT2D eigenvalue weighted by molar-refractivity contribution is 0.0951. The highest BCUT2D eigenvalue weighted by Crippen LogP contribution is 2.19. The number of carbonyl (C=O) groups excluding carboxylic acids is 1. The molecule has 0 bridgehead atoms. The van der Waals surface area contributed by atoms with E-state index in [1.54, 1.807) is 6.07 Å². The van der Waals surface area contributed by atoms with Crippen molar-refractivity contribution in [2.45, 2.75) is 20.3 Å². The van der Waals surface area contributed by atoms with Crippen LogP contribution >= 0.6 is 11.3 Å². The highest BCUT2D eigenvalue weighted by molar-refractivity contribution is 7.88. The van der Waals surface area contributed by atoms with Crippen LogP contribution in [0.25, 0.3) is 0 Å². The molecule has 0 aliphatic heterocycles. The Bertz CT molecular complexity index is 860. The highest BCUT2D eigenvalue weighted by atomic mass is 32.2. The van der Waals surface area contributed by atoms with Crippen molar-refractivity contribution >= 4 is 27.3 Å². The minimum Gasteiger partial charge on any atom is -0.491 e. The Balaban J connectivity index is 1.74. The van der Waals surface area contributed by atoms with Crippen LogP contribution in [0.4, 0.5) is 0 Å². The fourth-order valence-electron chi connectivity index (χ4n) is 2.37. The van der Waals surface area contributed by atoms with Gasteiger partial charge >= 0.3 is 0 Å². The molecule has 0 saturated heterocycles. The number of carbonyl (C=O) groups is 1. The number of benzene rings is 1. The van der Waals surface area contributed by atoms with Crippen LogP contribution in [0.15, 0.2) is 30.3 Å². The summed E-state index contributed by atoms with van der Waals surface area (Å²) in [5.41, 5.74) is 2.25. The van der Waals surface area contributed by atoms with E-state index >= 15 is 0 Å². The fraction of sp³-hybridized carbons (Fsp3) is 0.389. The Morgan fingerprint density at radius 2 is 1.92 bits per heavy atom. The summed E-state index contributed by atoms with van der Waals surface area (Å²) in [5, 5.41) is 2.83. The van der Waals surface area contributed by atoms with Crippen molar-refractivity contribution in [2.24, 2.45) is 0 Å². The van der Waals surface area contributed by atoms with Crippen LogP contribution in [-0.2, 0) is 16.4 Å². The van der Waals surface area contributed by atoms with Gasteiger partial charge in [0.05, 0.1) is 17.7 Å². The quantitative estimate of drug-likeness (QED) is 0.637. The molecule has 2 rings (SSSR count). The zero-order valence-electron chi connectivity index (χ0n) is 15.2. The van der Waals surface area contributed by atoms with E-state index in [-0.39, 0.29) is 5.91 Å². The zero-order valence-corrected chi connectivity index (χ0v) is 16.8. The van der Waals surface area contributed by atoms with Crippen molar-refractivity contribution in [2.75, 3.05) is 26.0 Å². The first-order valence-corrected chi connectivity index (χ1v) is 11.0. The summed E-state index contributed by atoms with van der Waals surface area (Å²) < 4.78 is 30.2. The Morgan fingerprint density at radius 3 is 2.62 bits per heavy atom. The van der Waals surface area contributed by atoms with Crippen molar-refractivity contribution in [1.29, 1.82) is 0 Å². The van der Waals surface area contributed by atoms with E-state index in [1.165, 1.54) is 16.9 Å². The summed E-state index contributed by atoms with van der Waals surface area (Å²) >= 11 is 1.36. The first-order valence-electron chi connectivity index (χ1n) is 8.26. The summed E-state index contributed by atoms with van der Waals surface area (Å²) in [5.74, 6) is 0.670. The molecule has 0 unspecified atom stereocenters. The van der Waals surface area contributed by atoms with Gasteiger partial charge in [0.25, 0.3) is 5.91 Å². The summed E-state index contributed by atoms with van der Waals surface area (Å²) in [6.45, 7) is 5.15. The summed E-state index contributed by atoms with van der Waals surface area (Å²) in [6.07, 6.45) is 1.68. The first kappa shape index (κ1) is 20.4. The second kappa shape index (κ2) is 9.16. The van der Waals surface area contributed by atoms with Gasteiger partial charge in [-0.2, -0.15) is 0 Å².